The number of nitrogens with one attached hydrogen (secondary N) is 1. The Balaban J connectivity index is 2.00. The molecule has 1 atom stereocenters. The third kappa shape index (κ3) is 5.85. The minimum Gasteiger partial charge on any atom is -0.507 e. The van der Waals surface area contributed by atoms with Crippen LogP contribution in [0.1, 0.15) is 49.2 Å². The Bertz CT molecular complexity index is 1330. The molecular weight excluding hydrogens is 489 g/mol. The van der Waals surface area contributed by atoms with Crippen LogP contribution in [-0.4, -0.2) is 30.7 Å². The van der Waals surface area contributed by atoms with Crippen LogP contribution in [0.4, 0.5) is 4.39 Å². The Labute approximate surface area is 210 Å². The summed E-state index contributed by atoms with van der Waals surface area (Å²) in [5.41, 5.74) is 1.74. The van der Waals surface area contributed by atoms with Gasteiger partial charge in [-0.25, -0.2) is 12.8 Å². The highest BCUT2D eigenvalue weighted by molar-refractivity contribution is 7.92. The lowest BCUT2D eigenvalue weighted by molar-refractivity contribution is 0.0947. The van der Waals surface area contributed by atoms with Gasteiger partial charge in [0.25, 0.3) is 5.91 Å². The van der Waals surface area contributed by atoms with E-state index in [1.165, 1.54) is 25.1 Å². The summed E-state index contributed by atoms with van der Waals surface area (Å²) in [6, 6.07) is 16.9. The molecule has 0 heterocycles. The molecule has 0 aliphatic carbocycles. The van der Waals surface area contributed by atoms with Gasteiger partial charge in [-0.3, -0.25) is 4.79 Å². The van der Waals surface area contributed by atoms with E-state index in [4.69, 9.17) is 11.6 Å². The molecule has 8 heteroatoms. The van der Waals surface area contributed by atoms with E-state index >= 15 is 0 Å². The highest BCUT2D eigenvalue weighted by atomic mass is 35.5. The van der Waals surface area contributed by atoms with Crippen LogP contribution >= 0.6 is 11.6 Å². The lowest BCUT2D eigenvalue weighted by atomic mass is 9.86. The molecule has 1 unspecified atom stereocenters. The van der Waals surface area contributed by atoms with E-state index < -0.39 is 31.2 Å². The summed E-state index contributed by atoms with van der Waals surface area (Å²) in [7, 11) is -4.28. The zero-order valence-corrected chi connectivity index (χ0v) is 21.7. The standard InChI is InChI=1S/C27H29ClFNO4S/c1-26(2,3)19-11-9-18(10-12-19)16-27(4,17-30-25(32)21-7-5-6-8-23(21)31)35(33,34)24-14-13-20(28)15-22(24)29/h5-15,31H,16-17H2,1-4H3,(H,30,32). The number of aromatic hydroxyl groups is 1. The van der Waals surface area contributed by atoms with Crippen LogP contribution in [0.25, 0.3) is 0 Å². The lowest BCUT2D eigenvalue weighted by Crippen LogP contribution is -2.48. The predicted octanol–water partition coefficient (Wildman–Crippen LogP) is 5.69. The summed E-state index contributed by atoms with van der Waals surface area (Å²) in [6.07, 6.45) is 0.0167. The van der Waals surface area contributed by atoms with Crippen molar-refractivity contribution in [1.29, 1.82) is 0 Å². The zero-order valence-electron chi connectivity index (χ0n) is 20.1. The largest absolute Gasteiger partial charge is 0.507 e. The summed E-state index contributed by atoms with van der Waals surface area (Å²) >= 11 is 5.83. The maximum absolute atomic E-state index is 14.7. The number of halogens is 2. The monoisotopic (exact) mass is 517 g/mol. The minimum absolute atomic E-state index is 0.0134. The van der Waals surface area contributed by atoms with Crippen molar-refractivity contribution in [1.82, 2.24) is 5.32 Å². The topological polar surface area (TPSA) is 83.5 Å². The van der Waals surface area contributed by atoms with Crippen molar-refractivity contribution in [2.75, 3.05) is 6.54 Å². The maximum Gasteiger partial charge on any atom is 0.255 e. The Morgan fingerprint density at radius 2 is 1.63 bits per heavy atom. The molecule has 186 valence electrons. The molecule has 3 aromatic rings. The molecule has 35 heavy (non-hydrogen) atoms. The molecule has 1 amide bonds. The number of phenols is 1. The number of phenolic OH excluding ortho intramolecular Hbond substituents is 1. The fraction of sp³-hybridized carbons (Fsp3) is 0.296. The van der Waals surface area contributed by atoms with E-state index in [1.54, 1.807) is 12.1 Å². The molecule has 3 rings (SSSR count). The average molecular weight is 518 g/mol. The van der Waals surface area contributed by atoms with Crippen LogP contribution in [0.2, 0.25) is 5.02 Å². The fourth-order valence-corrected chi connectivity index (χ4v) is 5.67. The number of carbonyl (C=O) groups excluding carboxylic acids is 1. The first kappa shape index (κ1) is 26.7. The van der Waals surface area contributed by atoms with Crippen LogP contribution in [0, 0.1) is 5.82 Å². The average Bonchev–Trinajstić information content (AvgIpc) is 2.77. The third-order valence-electron chi connectivity index (χ3n) is 6.00. The van der Waals surface area contributed by atoms with Gasteiger partial charge in [-0.1, -0.05) is 68.8 Å². The van der Waals surface area contributed by atoms with Gasteiger partial charge in [-0.05, 0) is 60.2 Å². The van der Waals surface area contributed by atoms with Gasteiger partial charge in [0.1, 0.15) is 16.5 Å². The highest BCUT2D eigenvalue weighted by Crippen LogP contribution is 2.33. The van der Waals surface area contributed by atoms with Crippen molar-refractivity contribution in [2.24, 2.45) is 0 Å². The molecule has 0 saturated carbocycles. The molecular formula is C27H29ClFNO4S. The molecule has 0 bridgehead atoms. The second kappa shape index (κ2) is 9.99. The van der Waals surface area contributed by atoms with Crippen LogP contribution in [0.15, 0.2) is 71.6 Å². The summed E-state index contributed by atoms with van der Waals surface area (Å²) in [5.74, 6) is -1.82. The van der Waals surface area contributed by atoms with Gasteiger partial charge < -0.3 is 10.4 Å². The van der Waals surface area contributed by atoms with E-state index in [2.05, 4.69) is 26.1 Å². The molecule has 0 spiro atoms. The predicted molar refractivity (Wildman–Crippen MR) is 136 cm³/mol. The van der Waals surface area contributed by atoms with E-state index in [0.29, 0.717) is 0 Å². The minimum atomic E-state index is -4.28. The number of carbonyl (C=O) groups is 1. The van der Waals surface area contributed by atoms with Crippen molar-refractivity contribution in [2.45, 2.75) is 49.2 Å². The molecule has 0 aromatic heterocycles. The second-order valence-electron chi connectivity index (χ2n) is 9.85. The van der Waals surface area contributed by atoms with Crippen LogP contribution < -0.4 is 5.32 Å². The van der Waals surface area contributed by atoms with Crippen molar-refractivity contribution in [3.05, 3.63) is 94.3 Å². The quantitative estimate of drug-likeness (QED) is 0.422. The molecule has 0 aliphatic rings. The molecule has 2 N–H and O–H groups in total. The zero-order chi connectivity index (χ0) is 26.0. The van der Waals surface area contributed by atoms with E-state index in [0.717, 1.165) is 23.3 Å². The van der Waals surface area contributed by atoms with E-state index in [-0.39, 0.29) is 34.7 Å². The second-order valence-corrected chi connectivity index (χ2v) is 12.7. The normalized spacial score (nSPS) is 13.8. The number of rotatable bonds is 7. The third-order valence-corrected chi connectivity index (χ3v) is 8.73. The molecule has 5 nitrogen and oxygen atoms in total. The molecule has 0 fully saturated rings. The Kier molecular flexibility index (Phi) is 7.62. The number of para-hydroxylation sites is 1. The Morgan fingerprint density at radius 3 is 2.20 bits per heavy atom. The van der Waals surface area contributed by atoms with Crippen LogP contribution in [0.5, 0.6) is 5.75 Å². The first-order chi connectivity index (χ1) is 16.2. The molecule has 0 saturated heterocycles. The van der Waals surface area contributed by atoms with Crippen molar-refractivity contribution in [3.63, 3.8) is 0 Å². The summed E-state index contributed by atoms with van der Waals surface area (Å²) in [4.78, 5) is 12.2. The molecule has 0 radical (unpaired) electrons. The number of benzene rings is 3. The van der Waals surface area contributed by atoms with Crippen LogP contribution in [0.3, 0.4) is 0 Å². The Hall–Kier alpha value is -2.90. The van der Waals surface area contributed by atoms with Gasteiger partial charge in [0.2, 0.25) is 0 Å². The first-order valence-corrected chi connectivity index (χ1v) is 13.0. The molecule has 0 aliphatic heterocycles. The van der Waals surface area contributed by atoms with Crippen LogP contribution in [-0.2, 0) is 21.7 Å². The maximum atomic E-state index is 14.7. The van der Waals surface area contributed by atoms with Gasteiger partial charge in [0, 0.05) is 11.6 Å². The van der Waals surface area contributed by atoms with Crippen molar-refractivity contribution in [3.8, 4) is 5.75 Å². The number of sulfone groups is 1. The number of amides is 1. The van der Waals surface area contributed by atoms with Gasteiger partial charge in [0.15, 0.2) is 9.84 Å². The highest BCUT2D eigenvalue weighted by Gasteiger charge is 2.42. The van der Waals surface area contributed by atoms with E-state index in [9.17, 15) is 22.7 Å². The number of hydrogen-bond acceptors (Lipinski definition) is 4. The van der Waals surface area contributed by atoms with E-state index in [1.807, 2.05) is 24.3 Å². The summed E-state index contributed by atoms with van der Waals surface area (Å²) < 4.78 is 40.6. The molecule has 3 aromatic carbocycles. The van der Waals surface area contributed by atoms with Gasteiger partial charge in [-0.15, -0.1) is 0 Å². The van der Waals surface area contributed by atoms with Gasteiger partial charge in [-0.2, -0.15) is 0 Å². The van der Waals surface area contributed by atoms with Crippen molar-refractivity contribution < 1.29 is 22.7 Å². The smallest absolute Gasteiger partial charge is 0.255 e. The summed E-state index contributed by atoms with van der Waals surface area (Å²) in [5, 5.41) is 12.7. The SMILES string of the molecule is CC(C)(C)c1ccc(CC(C)(CNC(=O)c2ccccc2O)S(=O)(=O)c2ccc(Cl)cc2F)cc1. The fourth-order valence-electron chi connectivity index (χ4n) is 3.79. The lowest BCUT2D eigenvalue weighted by Gasteiger charge is -2.30. The Morgan fingerprint density at radius 1 is 1.00 bits per heavy atom. The summed E-state index contributed by atoms with van der Waals surface area (Å²) in [6.45, 7) is 7.39. The van der Waals surface area contributed by atoms with Crippen molar-refractivity contribution >= 4 is 27.3 Å². The first-order valence-electron chi connectivity index (χ1n) is 11.1. The van der Waals surface area contributed by atoms with Gasteiger partial charge >= 0.3 is 0 Å². The van der Waals surface area contributed by atoms with Gasteiger partial charge in [0.05, 0.1) is 10.3 Å². The number of hydrogen-bond donors (Lipinski definition) is 2.